The Morgan fingerprint density at radius 2 is 1.89 bits per heavy atom. The lowest BCUT2D eigenvalue weighted by Gasteiger charge is -2.13. The van der Waals surface area contributed by atoms with Crippen molar-refractivity contribution >= 4 is 40.1 Å². The van der Waals surface area contributed by atoms with Gasteiger partial charge in [-0.15, -0.1) is 0 Å². The van der Waals surface area contributed by atoms with Crippen LogP contribution in [0, 0.1) is 13.8 Å². The molecular formula is C21H19ClN2O3. The third-order valence-electron chi connectivity index (χ3n) is 4.48. The van der Waals surface area contributed by atoms with Crippen LogP contribution in [0.5, 0.6) is 0 Å². The van der Waals surface area contributed by atoms with Gasteiger partial charge in [0.1, 0.15) is 0 Å². The highest BCUT2D eigenvalue weighted by Gasteiger charge is 2.15. The van der Waals surface area contributed by atoms with Gasteiger partial charge >= 0.3 is 5.97 Å². The fourth-order valence-corrected chi connectivity index (χ4v) is 3.22. The smallest absolute Gasteiger partial charge is 0.337 e. The van der Waals surface area contributed by atoms with Gasteiger partial charge in [-0.2, -0.15) is 0 Å². The van der Waals surface area contributed by atoms with Crippen molar-refractivity contribution in [3.05, 3.63) is 69.9 Å². The maximum atomic E-state index is 12.6. The van der Waals surface area contributed by atoms with Crippen LogP contribution in [0.15, 0.2) is 42.5 Å². The number of benzene rings is 2. The lowest BCUT2D eigenvalue weighted by Crippen LogP contribution is -2.17. The highest BCUT2D eigenvalue weighted by atomic mass is 35.5. The number of para-hydroxylation sites is 1. The van der Waals surface area contributed by atoms with Crippen molar-refractivity contribution in [2.75, 3.05) is 12.4 Å². The van der Waals surface area contributed by atoms with Crippen molar-refractivity contribution in [3.63, 3.8) is 0 Å². The molecule has 3 aromatic rings. The second-order valence-electron chi connectivity index (χ2n) is 6.23. The van der Waals surface area contributed by atoms with Crippen molar-refractivity contribution in [1.82, 2.24) is 4.98 Å². The van der Waals surface area contributed by atoms with Gasteiger partial charge in [0.2, 0.25) is 5.91 Å². The molecule has 2 aromatic carbocycles. The zero-order valence-corrected chi connectivity index (χ0v) is 16.1. The molecule has 0 fully saturated rings. The monoisotopic (exact) mass is 382 g/mol. The summed E-state index contributed by atoms with van der Waals surface area (Å²) in [4.78, 5) is 28.9. The number of methoxy groups -OCH3 is 1. The van der Waals surface area contributed by atoms with Crippen LogP contribution >= 0.6 is 11.6 Å². The highest BCUT2D eigenvalue weighted by molar-refractivity contribution is 6.33. The number of carbonyl (C=O) groups excluding carboxylic acids is 2. The summed E-state index contributed by atoms with van der Waals surface area (Å²) in [6, 6.07) is 12.4. The number of fused-ring (bicyclic) bond motifs is 1. The summed E-state index contributed by atoms with van der Waals surface area (Å²) in [6.45, 7) is 3.89. The summed E-state index contributed by atoms with van der Waals surface area (Å²) in [7, 11) is 1.30. The normalized spacial score (nSPS) is 10.7. The number of aryl methyl sites for hydroxylation is 2. The van der Waals surface area contributed by atoms with Crippen LogP contribution in [-0.2, 0) is 16.0 Å². The van der Waals surface area contributed by atoms with Gasteiger partial charge in [-0.1, -0.05) is 29.8 Å². The second-order valence-corrected chi connectivity index (χ2v) is 6.64. The molecule has 1 heterocycles. The third-order valence-corrected chi connectivity index (χ3v) is 4.81. The van der Waals surface area contributed by atoms with Crippen LogP contribution < -0.4 is 5.32 Å². The number of pyridine rings is 1. The predicted octanol–water partition coefficient (Wildman–Crippen LogP) is 4.47. The van der Waals surface area contributed by atoms with E-state index in [0.717, 1.165) is 27.7 Å². The molecule has 6 heteroatoms. The largest absolute Gasteiger partial charge is 0.465 e. The number of nitrogens with zero attached hydrogens (tertiary/aromatic N) is 1. The molecule has 1 amide bonds. The third kappa shape index (κ3) is 3.93. The molecule has 0 radical (unpaired) electrons. The first-order valence-electron chi connectivity index (χ1n) is 8.43. The van der Waals surface area contributed by atoms with Gasteiger partial charge < -0.3 is 10.1 Å². The number of ether oxygens (including phenoxy) is 1. The Balaban J connectivity index is 1.87. The Hall–Kier alpha value is -2.92. The molecule has 3 rings (SSSR count). The molecule has 0 saturated carbocycles. The number of anilines is 1. The molecule has 0 spiro atoms. The van der Waals surface area contributed by atoms with Gasteiger partial charge in [0, 0.05) is 11.1 Å². The zero-order valence-electron chi connectivity index (χ0n) is 15.3. The lowest BCUT2D eigenvalue weighted by atomic mass is 9.99. The molecule has 0 aliphatic rings. The fourth-order valence-electron chi connectivity index (χ4n) is 3.05. The lowest BCUT2D eigenvalue weighted by molar-refractivity contribution is -0.115. The van der Waals surface area contributed by atoms with Crippen molar-refractivity contribution in [2.24, 2.45) is 0 Å². The minimum atomic E-state index is -0.493. The van der Waals surface area contributed by atoms with E-state index >= 15 is 0 Å². The van der Waals surface area contributed by atoms with Gasteiger partial charge in [-0.25, -0.2) is 4.79 Å². The summed E-state index contributed by atoms with van der Waals surface area (Å²) in [5, 5.41) is 4.15. The quantitative estimate of drug-likeness (QED) is 0.676. The van der Waals surface area contributed by atoms with E-state index in [0.29, 0.717) is 16.3 Å². The number of esters is 1. The maximum Gasteiger partial charge on any atom is 0.337 e. The van der Waals surface area contributed by atoms with E-state index in [4.69, 9.17) is 16.3 Å². The minimum absolute atomic E-state index is 0.161. The molecule has 0 aliphatic carbocycles. The summed E-state index contributed by atoms with van der Waals surface area (Å²) in [6.07, 6.45) is 0.161. The van der Waals surface area contributed by atoms with Crippen molar-refractivity contribution in [2.45, 2.75) is 20.3 Å². The summed E-state index contributed by atoms with van der Waals surface area (Å²) in [5.41, 5.74) is 4.32. The second kappa shape index (κ2) is 7.76. The SMILES string of the molecule is COC(=O)c1ccc(Cl)c(NC(=O)Cc2c(C)nc3ccccc3c2C)c1. The summed E-state index contributed by atoms with van der Waals surface area (Å²) >= 11 is 6.15. The molecule has 27 heavy (non-hydrogen) atoms. The average molecular weight is 383 g/mol. The molecule has 0 saturated heterocycles. The Morgan fingerprint density at radius 1 is 1.15 bits per heavy atom. The number of nitrogens with one attached hydrogen (secondary N) is 1. The first-order chi connectivity index (χ1) is 12.9. The average Bonchev–Trinajstić information content (AvgIpc) is 2.66. The van der Waals surface area contributed by atoms with E-state index in [-0.39, 0.29) is 12.3 Å². The maximum absolute atomic E-state index is 12.6. The van der Waals surface area contributed by atoms with Crippen LogP contribution in [0.25, 0.3) is 10.9 Å². The number of aromatic nitrogens is 1. The van der Waals surface area contributed by atoms with Crippen LogP contribution in [0.4, 0.5) is 5.69 Å². The van der Waals surface area contributed by atoms with E-state index in [1.54, 1.807) is 12.1 Å². The summed E-state index contributed by atoms with van der Waals surface area (Å²) < 4.78 is 4.70. The van der Waals surface area contributed by atoms with Crippen LogP contribution in [0.2, 0.25) is 5.02 Å². The topological polar surface area (TPSA) is 68.3 Å². The first kappa shape index (κ1) is 18.9. The molecule has 0 unspecified atom stereocenters. The van der Waals surface area contributed by atoms with E-state index in [9.17, 15) is 9.59 Å². The summed E-state index contributed by atoms with van der Waals surface area (Å²) in [5.74, 6) is -0.727. The first-order valence-corrected chi connectivity index (χ1v) is 8.81. The van der Waals surface area contributed by atoms with Crippen molar-refractivity contribution in [3.8, 4) is 0 Å². The Labute approximate surface area is 162 Å². The minimum Gasteiger partial charge on any atom is -0.465 e. The van der Waals surface area contributed by atoms with Gasteiger partial charge in [0.05, 0.1) is 35.3 Å². The Morgan fingerprint density at radius 3 is 2.63 bits per heavy atom. The number of carbonyl (C=O) groups is 2. The molecule has 1 N–H and O–H groups in total. The van der Waals surface area contributed by atoms with Crippen molar-refractivity contribution in [1.29, 1.82) is 0 Å². The molecular weight excluding hydrogens is 364 g/mol. The molecule has 5 nitrogen and oxygen atoms in total. The van der Waals surface area contributed by atoms with Crippen LogP contribution in [0.3, 0.4) is 0 Å². The molecule has 138 valence electrons. The van der Waals surface area contributed by atoms with E-state index in [2.05, 4.69) is 10.3 Å². The van der Waals surface area contributed by atoms with Gasteiger partial charge in [-0.3, -0.25) is 9.78 Å². The van der Waals surface area contributed by atoms with Crippen LogP contribution in [0.1, 0.15) is 27.2 Å². The Kier molecular flexibility index (Phi) is 5.42. The molecule has 0 bridgehead atoms. The molecule has 0 aliphatic heterocycles. The van der Waals surface area contributed by atoms with Gasteiger partial charge in [-0.05, 0) is 49.2 Å². The number of halogens is 1. The molecule has 0 atom stereocenters. The zero-order chi connectivity index (χ0) is 19.6. The van der Waals surface area contributed by atoms with E-state index in [1.807, 2.05) is 38.1 Å². The highest BCUT2D eigenvalue weighted by Crippen LogP contribution is 2.26. The van der Waals surface area contributed by atoms with Crippen molar-refractivity contribution < 1.29 is 14.3 Å². The predicted molar refractivity (Wildman–Crippen MR) is 106 cm³/mol. The van der Waals surface area contributed by atoms with Gasteiger partial charge in [0.15, 0.2) is 0 Å². The van der Waals surface area contributed by atoms with E-state index < -0.39 is 5.97 Å². The number of hydrogen-bond donors (Lipinski definition) is 1. The van der Waals surface area contributed by atoms with Crippen LogP contribution in [-0.4, -0.2) is 24.0 Å². The standard InChI is InChI=1S/C21H19ClN2O3/c1-12-15-6-4-5-7-18(15)23-13(2)16(12)11-20(25)24-19-10-14(21(26)27-3)8-9-17(19)22/h4-10H,11H2,1-3H3,(H,24,25). The number of amides is 1. The van der Waals surface area contributed by atoms with E-state index in [1.165, 1.54) is 13.2 Å². The molecule has 1 aromatic heterocycles. The number of rotatable bonds is 4. The number of hydrogen-bond acceptors (Lipinski definition) is 4. The Bertz CT molecular complexity index is 1050. The fraction of sp³-hybridized carbons (Fsp3) is 0.190. The van der Waals surface area contributed by atoms with Gasteiger partial charge in [0.25, 0.3) is 0 Å².